The van der Waals surface area contributed by atoms with E-state index in [1.54, 1.807) is 0 Å². The second-order valence-electron chi connectivity index (χ2n) is 5.05. The van der Waals surface area contributed by atoms with Crippen molar-refractivity contribution in [3.63, 3.8) is 0 Å². The van der Waals surface area contributed by atoms with E-state index in [0.717, 1.165) is 17.2 Å². The molecular weight excluding hydrogens is 304 g/mol. The van der Waals surface area contributed by atoms with E-state index >= 15 is 0 Å². The third-order valence-corrected chi connectivity index (χ3v) is 4.28. The number of hydrogen-bond acceptors (Lipinski definition) is 4. The van der Waals surface area contributed by atoms with Crippen LogP contribution in [-0.4, -0.2) is 19.5 Å². The smallest absolute Gasteiger partial charge is 0.335 e. The predicted octanol–water partition coefficient (Wildman–Crippen LogP) is 1.51. The first-order valence-electron chi connectivity index (χ1n) is 6.42. The van der Waals surface area contributed by atoms with Gasteiger partial charge in [0.15, 0.2) is 0 Å². The molecule has 5 N–H and O–H groups in total. The summed E-state index contributed by atoms with van der Waals surface area (Å²) in [5.41, 5.74) is 7.95. The Labute approximate surface area is 128 Å². The van der Waals surface area contributed by atoms with Gasteiger partial charge in [0.2, 0.25) is 10.0 Å². The van der Waals surface area contributed by atoms with Gasteiger partial charge in [0.1, 0.15) is 0 Å². The molecule has 0 atom stereocenters. The Hall–Kier alpha value is -2.38. The number of carbonyl (C=O) groups is 1. The zero-order valence-corrected chi connectivity index (χ0v) is 12.7. The average Bonchev–Trinajstić information content (AvgIpc) is 2.41. The van der Waals surface area contributed by atoms with Crippen LogP contribution in [0.25, 0.3) is 0 Å². The van der Waals surface area contributed by atoms with Gasteiger partial charge < -0.3 is 10.8 Å². The van der Waals surface area contributed by atoms with Crippen LogP contribution in [0.1, 0.15) is 27.0 Å². The van der Waals surface area contributed by atoms with E-state index in [9.17, 15) is 13.2 Å². The maximum Gasteiger partial charge on any atom is 0.335 e. The van der Waals surface area contributed by atoms with Crippen molar-refractivity contribution in [2.75, 3.05) is 5.73 Å². The van der Waals surface area contributed by atoms with Gasteiger partial charge in [-0.1, -0.05) is 29.8 Å². The summed E-state index contributed by atoms with van der Waals surface area (Å²) in [4.78, 5) is 10.8. The SMILES string of the molecule is Cc1ccc(Cc2c(N)cc(C(=O)O)cc2S(N)(=O)=O)cc1. The predicted molar refractivity (Wildman–Crippen MR) is 83.2 cm³/mol. The molecule has 2 aromatic carbocycles. The molecular formula is C15H16N2O4S. The highest BCUT2D eigenvalue weighted by Crippen LogP contribution is 2.26. The standard InChI is InChI=1S/C15H16N2O4S/c1-9-2-4-10(5-3-9)6-12-13(16)7-11(15(18)19)8-14(12)22(17,20)21/h2-5,7-8H,6,16H2,1H3,(H,18,19)(H2,17,20,21). The first kappa shape index (κ1) is 16.0. The van der Waals surface area contributed by atoms with Gasteiger partial charge in [0.05, 0.1) is 10.5 Å². The molecule has 0 heterocycles. The lowest BCUT2D eigenvalue weighted by molar-refractivity contribution is 0.0696. The normalized spacial score (nSPS) is 11.4. The number of carboxylic acids is 1. The molecule has 22 heavy (non-hydrogen) atoms. The maximum atomic E-state index is 11.8. The van der Waals surface area contributed by atoms with E-state index in [2.05, 4.69) is 0 Å². The van der Waals surface area contributed by atoms with Crippen molar-refractivity contribution in [3.8, 4) is 0 Å². The van der Waals surface area contributed by atoms with E-state index in [0.29, 0.717) is 5.56 Å². The fourth-order valence-electron chi connectivity index (χ4n) is 2.14. The molecule has 0 saturated carbocycles. The summed E-state index contributed by atoms with van der Waals surface area (Å²) in [7, 11) is -4.08. The molecule has 0 aliphatic heterocycles. The summed E-state index contributed by atoms with van der Waals surface area (Å²) in [6.45, 7) is 1.94. The first-order chi connectivity index (χ1) is 10.2. The summed E-state index contributed by atoms with van der Waals surface area (Å²) in [5, 5.41) is 14.2. The number of nitrogens with two attached hydrogens (primary N) is 2. The monoisotopic (exact) mass is 320 g/mol. The van der Waals surface area contributed by atoms with E-state index < -0.39 is 16.0 Å². The molecule has 2 rings (SSSR count). The maximum absolute atomic E-state index is 11.8. The molecule has 0 spiro atoms. The van der Waals surface area contributed by atoms with Crippen LogP contribution in [0.15, 0.2) is 41.3 Å². The first-order valence-corrected chi connectivity index (χ1v) is 7.97. The molecule has 0 aliphatic rings. The lowest BCUT2D eigenvalue weighted by Gasteiger charge is -2.13. The van der Waals surface area contributed by atoms with Crippen molar-refractivity contribution >= 4 is 21.7 Å². The van der Waals surface area contributed by atoms with Crippen LogP contribution >= 0.6 is 0 Å². The number of rotatable bonds is 4. The van der Waals surface area contributed by atoms with Gasteiger partial charge >= 0.3 is 5.97 Å². The van der Waals surface area contributed by atoms with Crippen molar-refractivity contribution in [3.05, 3.63) is 58.7 Å². The number of sulfonamides is 1. The zero-order chi connectivity index (χ0) is 16.5. The van der Waals surface area contributed by atoms with Gasteiger partial charge in [0, 0.05) is 12.1 Å². The fourth-order valence-corrected chi connectivity index (χ4v) is 2.97. The summed E-state index contributed by atoms with van der Waals surface area (Å²) in [6.07, 6.45) is 0.248. The number of aryl methyl sites for hydroxylation is 1. The summed E-state index contributed by atoms with van der Waals surface area (Å²) < 4.78 is 23.5. The van der Waals surface area contributed by atoms with E-state index in [1.165, 1.54) is 6.07 Å². The Morgan fingerprint density at radius 2 is 1.77 bits per heavy atom. The fraction of sp³-hybridized carbons (Fsp3) is 0.133. The zero-order valence-electron chi connectivity index (χ0n) is 11.9. The number of aromatic carboxylic acids is 1. The quantitative estimate of drug-likeness (QED) is 0.737. The summed E-state index contributed by atoms with van der Waals surface area (Å²) in [5.74, 6) is -1.27. The molecule has 116 valence electrons. The Kier molecular flexibility index (Phi) is 4.20. The number of primary sulfonamides is 1. The molecule has 7 heteroatoms. The number of hydrogen-bond donors (Lipinski definition) is 3. The highest BCUT2D eigenvalue weighted by Gasteiger charge is 2.20. The van der Waals surface area contributed by atoms with E-state index in [1.807, 2.05) is 31.2 Å². The topological polar surface area (TPSA) is 123 Å². The van der Waals surface area contributed by atoms with Crippen LogP contribution in [0.5, 0.6) is 0 Å². The van der Waals surface area contributed by atoms with Gasteiger partial charge in [-0.25, -0.2) is 18.4 Å². The van der Waals surface area contributed by atoms with Crippen molar-refractivity contribution in [1.29, 1.82) is 0 Å². The number of nitrogen functional groups attached to an aromatic ring is 1. The lowest BCUT2D eigenvalue weighted by Crippen LogP contribution is -2.17. The molecule has 0 unspecified atom stereocenters. The molecule has 0 aromatic heterocycles. The number of benzene rings is 2. The molecule has 6 nitrogen and oxygen atoms in total. The van der Waals surface area contributed by atoms with Crippen molar-refractivity contribution in [1.82, 2.24) is 0 Å². The van der Waals surface area contributed by atoms with Crippen molar-refractivity contribution < 1.29 is 18.3 Å². The Balaban J connectivity index is 2.59. The van der Waals surface area contributed by atoms with Crippen LogP contribution in [0.2, 0.25) is 0 Å². The Bertz CT molecular complexity index is 827. The number of anilines is 1. The molecule has 0 bridgehead atoms. The minimum atomic E-state index is -4.08. The minimum Gasteiger partial charge on any atom is -0.478 e. The van der Waals surface area contributed by atoms with Crippen molar-refractivity contribution in [2.45, 2.75) is 18.2 Å². The molecule has 0 aliphatic carbocycles. The minimum absolute atomic E-state index is 0.0875. The van der Waals surface area contributed by atoms with Crippen LogP contribution < -0.4 is 10.9 Å². The second-order valence-corrected chi connectivity index (χ2v) is 6.58. The van der Waals surface area contributed by atoms with E-state index in [-0.39, 0.29) is 22.6 Å². The molecule has 0 saturated heterocycles. The Morgan fingerprint density at radius 1 is 1.18 bits per heavy atom. The van der Waals surface area contributed by atoms with Crippen LogP contribution in [0.3, 0.4) is 0 Å². The molecule has 0 radical (unpaired) electrons. The van der Waals surface area contributed by atoms with Gasteiger partial charge in [-0.15, -0.1) is 0 Å². The molecule has 0 fully saturated rings. The van der Waals surface area contributed by atoms with Crippen LogP contribution in [0, 0.1) is 6.92 Å². The average molecular weight is 320 g/mol. The number of carboxylic acid groups (broad SMARTS) is 1. The highest BCUT2D eigenvalue weighted by atomic mass is 32.2. The van der Waals surface area contributed by atoms with Gasteiger partial charge in [-0.3, -0.25) is 0 Å². The van der Waals surface area contributed by atoms with Gasteiger partial charge in [-0.05, 0) is 30.2 Å². The largest absolute Gasteiger partial charge is 0.478 e. The molecule has 2 aromatic rings. The van der Waals surface area contributed by atoms with E-state index in [4.69, 9.17) is 16.0 Å². The third kappa shape index (κ3) is 3.44. The van der Waals surface area contributed by atoms with Gasteiger partial charge in [0.25, 0.3) is 0 Å². The Morgan fingerprint density at radius 3 is 2.27 bits per heavy atom. The summed E-state index contributed by atoms with van der Waals surface area (Å²) in [6, 6.07) is 9.78. The van der Waals surface area contributed by atoms with Crippen LogP contribution in [0.4, 0.5) is 5.69 Å². The lowest BCUT2D eigenvalue weighted by atomic mass is 10.0. The van der Waals surface area contributed by atoms with Gasteiger partial charge in [-0.2, -0.15) is 0 Å². The third-order valence-electron chi connectivity index (χ3n) is 3.30. The molecule has 0 amide bonds. The second kappa shape index (κ2) is 5.78. The summed E-state index contributed by atoms with van der Waals surface area (Å²) >= 11 is 0. The van der Waals surface area contributed by atoms with Crippen molar-refractivity contribution in [2.24, 2.45) is 5.14 Å². The highest BCUT2D eigenvalue weighted by molar-refractivity contribution is 7.89. The van der Waals surface area contributed by atoms with Crippen LogP contribution in [-0.2, 0) is 16.4 Å².